The molecule has 2 heterocycles. The van der Waals surface area contributed by atoms with Crippen LogP contribution in [0.3, 0.4) is 0 Å². The van der Waals surface area contributed by atoms with E-state index in [0.29, 0.717) is 6.54 Å². The van der Waals surface area contributed by atoms with Crippen molar-refractivity contribution in [2.45, 2.75) is 13.0 Å². The summed E-state index contributed by atoms with van der Waals surface area (Å²) in [6.45, 7) is 1.45. The molecule has 0 radical (unpaired) electrons. The SMILES string of the molecule is NCCn1ccnc1Cc1cccnc1. The lowest BCUT2D eigenvalue weighted by Crippen LogP contribution is -2.12. The fourth-order valence-electron chi connectivity index (χ4n) is 1.54. The Morgan fingerprint density at radius 1 is 1.33 bits per heavy atom. The molecule has 78 valence electrons. The van der Waals surface area contributed by atoms with Gasteiger partial charge in [-0.2, -0.15) is 0 Å². The van der Waals surface area contributed by atoms with Crippen molar-refractivity contribution in [3.63, 3.8) is 0 Å². The standard InChI is InChI=1S/C11H14N4/c12-3-6-15-7-5-14-11(15)8-10-2-1-4-13-9-10/h1-2,4-5,7,9H,3,6,8,12H2. The van der Waals surface area contributed by atoms with Crippen molar-refractivity contribution in [2.75, 3.05) is 6.54 Å². The Balaban J connectivity index is 2.14. The molecule has 4 heteroatoms. The molecule has 0 saturated carbocycles. The molecule has 0 unspecified atom stereocenters. The number of nitrogens with zero attached hydrogens (tertiary/aromatic N) is 3. The van der Waals surface area contributed by atoms with Crippen molar-refractivity contribution in [2.24, 2.45) is 5.73 Å². The Morgan fingerprint density at radius 3 is 3.00 bits per heavy atom. The van der Waals surface area contributed by atoms with Crippen LogP contribution in [0.1, 0.15) is 11.4 Å². The predicted molar refractivity (Wildman–Crippen MR) is 58.3 cm³/mol. The van der Waals surface area contributed by atoms with Crippen LogP contribution >= 0.6 is 0 Å². The second-order valence-electron chi connectivity index (χ2n) is 3.36. The van der Waals surface area contributed by atoms with Crippen molar-refractivity contribution < 1.29 is 0 Å². The number of hydrogen-bond donors (Lipinski definition) is 1. The molecule has 2 aromatic rings. The minimum atomic E-state index is 0.635. The summed E-state index contributed by atoms with van der Waals surface area (Å²) in [7, 11) is 0. The molecule has 2 rings (SSSR count). The zero-order chi connectivity index (χ0) is 10.5. The molecule has 0 atom stereocenters. The molecule has 2 N–H and O–H groups in total. The molecule has 0 saturated heterocycles. The van der Waals surface area contributed by atoms with Crippen LogP contribution in [0.25, 0.3) is 0 Å². The van der Waals surface area contributed by atoms with E-state index in [1.54, 1.807) is 12.4 Å². The third kappa shape index (κ3) is 2.41. The van der Waals surface area contributed by atoms with E-state index < -0.39 is 0 Å². The fraction of sp³-hybridized carbons (Fsp3) is 0.273. The molecule has 0 spiro atoms. The van der Waals surface area contributed by atoms with Gasteiger partial charge >= 0.3 is 0 Å². The summed E-state index contributed by atoms with van der Waals surface area (Å²) in [5, 5.41) is 0. The maximum absolute atomic E-state index is 5.52. The molecular formula is C11H14N4. The first-order chi connectivity index (χ1) is 7.40. The van der Waals surface area contributed by atoms with E-state index in [1.807, 2.05) is 18.5 Å². The van der Waals surface area contributed by atoms with Crippen LogP contribution in [0.15, 0.2) is 36.9 Å². The number of imidazole rings is 1. The van der Waals surface area contributed by atoms with Crippen LogP contribution in [0.5, 0.6) is 0 Å². The van der Waals surface area contributed by atoms with Gasteiger partial charge in [-0.25, -0.2) is 4.98 Å². The molecule has 0 aliphatic carbocycles. The third-order valence-corrected chi connectivity index (χ3v) is 2.26. The minimum Gasteiger partial charge on any atom is -0.333 e. The van der Waals surface area contributed by atoms with E-state index in [4.69, 9.17) is 5.73 Å². The molecular weight excluding hydrogens is 188 g/mol. The van der Waals surface area contributed by atoms with Crippen molar-refractivity contribution >= 4 is 0 Å². The summed E-state index contributed by atoms with van der Waals surface area (Å²) < 4.78 is 2.08. The average molecular weight is 202 g/mol. The highest BCUT2D eigenvalue weighted by Gasteiger charge is 2.02. The summed E-state index contributed by atoms with van der Waals surface area (Å²) >= 11 is 0. The topological polar surface area (TPSA) is 56.7 Å². The second kappa shape index (κ2) is 4.70. The van der Waals surface area contributed by atoms with Gasteiger partial charge in [-0.1, -0.05) is 6.07 Å². The van der Waals surface area contributed by atoms with Gasteiger partial charge in [-0.3, -0.25) is 4.98 Å². The Labute approximate surface area is 88.8 Å². The normalized spacial score (nSPS) is 10.5. The zero-order valence-electron chi connectivity index (χ0n) is 8.50. The molecule has 15 heavy (non-hydrogen) atoms. The number of rotatable bonds is 4. The first kappa shape index (κ1) is 9.86. The average Bonchev–Trinajstić information content (AvgIpc) is 2.68. The summed E-state index contributed by atoms with van der Waals surface area (Å²) in [5.74, 6) is 1.04. The van der Waals surface area contributed by atoms with Gasteiger partial charge in [0.1, 0.15) is 5.82 Å². The monoisotopic (exact) mass is 202 g/mol. The Bertz CT molecular complexity index is 408. The van der Waals surface area contributed by atoms with Gasteiger partial charge in [0.15, 0.2) is 0 Å². The van der Waals surface area contributed by atoms with E-state index in [1.165, 1.54) is 5.56 Å². The Kier molecular flexibility index (Phi) is 3.09. The fourth-order valence-corrected chi connectivity index (χ4v) is 1.54. The minimum absolute atomic E-state index is 0.635. The Morgan fingerprint density at radius 2 is 2.27 bits per heavy atom. The lowest BCUT2D eigenvalue weighted by Gasteiger charge is -2.05. The van der Waals surface area contributed by atoms with Gasteiger partial charge in [0.25, 0.3) is 0 Å². The largest absolute Gasteiger partial charge is 0.333 e. The molecule has 0 aromatic carbocycles. The zero-order valence-corrected chi connectivity index (χ0v) is 8.50. The van der Waals surface area contributed by atoms with Crippen LogP contribution in [0.2, 0.25) is 0 Å². The molecule has 0 aliphatic heterocycles. The van der Waals surface area contributed by atoms with E-state index >= 15 is 0 Å². The second-order valence-corrected chi connectivity index (χ2v) is 3.36. The highest BCUT2D eigenvalue weighted by molar-refractivity contribution is 5.14. The summed E-state index contributed by atoms with van der Waals surface area (Å²) in [5.41, 5.74) is 6.69. The summed E-state index contributed by atoms with van der Waals surface area (Å²) in [4.78, 5) is 8.39. The highest BCUT2D eigenvalue weighted by atomic mass is 15.1. The number of hydrogen-bond acceptors (Lipinski definition) is 3. The van der Waals surface area contributed by atoms with E-state index in [2.05, 4.69) is 20.6 Å². The quantitative estimate of drug-likeness (QED) is 0.798. The van der Waals surface area contributed by atoms with Crippen LogP contribution in [0, 0.1) is 0 Å². The summed E-state index contributed by atoms with van der Waals surface area (Å²) in [6, 6.07) is 3.99. The molecule has 2 aromatic heterocycles. The van der Waals surface area contributed by atoms with E-state index in [9.17, 15) is 0 Å². The smallest absolute Gasteiger partial charge is 0.113 e. The maximum atomic E-state index is 5.52. The lowest BCUT2D eigenvalue weighted by molar-refractivity contribution is 0.671. The van der Waals surface area contributed by atoms with Crippen LogP contribution in [-0.4, -0.2) is 21.1 Å². The van der Waals surface area contributed by atoms with Crippen molar-refractivity contribution in [1.29, 1.82) is 0 Å². The summed E-state index contributed by atoms with van der Waals surface area (Å²) in [6.07, 6.45) is 8.21. The number of nitrogens with two attached hydrogens (primary N) is 1. The number of pyridine rings is 1. The van der Waals surface area contributed by atoms with E-state index in [-0.39, 0.29) is 0 Å². The molecule has 0 amide bonds. The molecule has 0 fully saturated rings. The van der Waals surface area contributed by atoms with Crippen LogP contribution in [0.4, 0.5) is 0 Å². The maximum Gasteiger partial charge on any atom is 0.113 e. The van der Waals surface area contributed by atoms with Crippen molar-refractivity contribution in [1.82, 2.24) is 14.5 Å². The van der Waals surface area contributed by atoms with Crippen LogP contribution < -0.4 is 5.73 Å². The highest BCUT2D eigenvalue weighted by Crippen LogP contribution is 2.06. The molecule has 4 nitrogen and oxygen atoms in total. The van der Waals surface area contributed by atoms with Crippen molar-refractivity contribution in [3.8, 4) is 0 Å². The lowest BCUT2D eigenvalue weighted by atomic mass is 10.2. The first-order valence-electron chi connectivity index (χ1n) is 4.99. The van der Waals surface area contributed by atoms with Gasteiger partial charge in [0, 0.05) is 44.3 Å². The predicted octanol–water partition coefficient (Wildman–Crippen LogP) is 0.828. The van der Waals surface area contributed by atoms with Crippen LogP contribution in [-0.2, 0) is 13.0 Å². The van der Waals surface area contributed by atoms with Gasteiger partial charge in [0.2, 0.25) is 0 Å². The molecule has 0 bridgehead atoms. The van der Waals surface area contributed by atoms with Gasteiger partial charge in [-0.15, -0.1) is 0 Å². The van der Waals surface area contributed by atoms with Gasteiger partial charge < -0.3 is 10.3 Å². The number of aromatic nitrogens is 3. The first-order valence-corrected chi connectivity index (χ1v) is 4.99. The Hall–Kier alpha value is -1.68. The molecule has 0 aliphatic rings. The third-order valence-electron chi connectivity index (χ3n) is 2.26. The van der Waals surface area contributed by atoms with Gasteiger partial charge in [-0.05, 0) is 11.6 Å². The van der Waals surface area contributed by atoms with Gasteiger partial charge in [0.05, 0.1) is 0 Å². The van der Waals surface area contributed by atoms with E-state index in [0.717, 1.165) is 18.8 Å². The van der Waals surface area contributed by atoms with Crippen molar-refractivity contribution in [3.05, 3.63) is 48.3 Å².